The van der Waals surface area contributed by atoms with E-state index < -0.39 is 0 Å². The van der Waals surface area contributed by atoms with Crippen LogP contribution in [0.25, 0.3) is 6.08 Å². The molecule has 0 heterocycles. The standard InChI is InChI=1S/C18H16N2O2/c1-20(2)16-7-3-13(4-8-16)11-15(12-19)18(22)14-5-9-17(21)10-6-14/h3-11,21H,1-2H3. The highest BCUT2D eigenvalue weighted by Crippen LogP contribution is 2.17. The third kappa shape index (κ3) is 3.53. The Labute approximate surface area is 129 Å². The number of carbonyl (C=O) groups excluding carboxylic acids is 1. The van der Waals surface area contributed by atoms with Gasteiger partial charge in [0.2, 0.25) is 5.78 Å². The number of allylic oxidation sites excluding steroid dienone is 1. The Balaban J connectivity index is 2.29. The number of phenols is 1. The topological polar surface area (TPSA) is 64.3 Å². The minimum Gasteiger partial charge on any atom is -0.508 e. The summed E-state index contributed by atoms with van der Waals surface area (Å²) >= 11 is 0. The zero-order chi connectivity index (χ0) is 16.1. The summed E-state index contributed by atoms with van der Waals surface area (Å²) in [5.41, 5.74) is 2.26. The Hall–Kier alpha value is -3.06. The van der Waals surface area contributed by atoms with Crippen molar-refractivity contribution in [1.29, 1.82) is 5.26 Å². The lowest BCUT2D eigenvalue weighted by atomic mass is 10.0. The van der Waals surface area contributed by atoms with Gasteiger partial charge in [0, 0.05) is 25.3 Å². The lowest BCUT2D eigenvalue weighted by Crippen LogP contribution is -2.08. The Bertz CT molecular complexity index is 736. The van der Waals surface area contributed by atoms with Gasteiger partial charge in [-0.3, -0.25) is 4.79 Å². The number of Topliss-reactive ketones (excluding diaryl/α,β-unsaturated/α-hetero) is 1. The molecule has 2 aromatic carbocycles. The minimum absolute atomic E-state index is 0.0586. The minimum atomic E-state index is -0.362. The number of nitriles is 1. The van der Waals surface area contributed by atoms with E-state index >= 15 is 0 Å². The van der Waals surface area contributed by atoms with Crippen molar-refractivity contribution in [3.05, 3.63) is 65.2 Å². The van der Waals surface area contributed by atoms with Crippen molar-refractivity contribution in [2.45, 2.75) is 0 Å². The maximum Gasteiger partial charge on any atom is 0.203 e. The van der Waals surface area contributed by atoms with E-state index in [2.05, 4.69) is 0 Å². The highest BCUT2D eigenvalue weighted by molar-refractivity contribution is 6.14. The summed E-state index contributed by atoms with van der Waals surface area (Å²) in [6, 6.07) is 15.3. The van der Waals surface area contributed by atoms with Crippen molar-refractivity contribution < 1.29 is 9.90 Å². The van der Waals surface area contributed by atoms with Crippen LogP contribution >= 0.6 is 0 Å². The van der Waals surface area contributed by atoms with E-state index in [0.29, 0.717) is 5.56 Å². The van der Waals surface area contributed by atoms with Crippen LogP contribution in [0.1, 0.15) is 15.9 Å². The number of carbonyl (C=O) groups is 1. The molecular formula is C18H16N2O2. The van der Waals surface area contributed by atoms with Crippen LogP contribution < -0.4 is 4.90 Å². The fourth-order valence-electron chi connectivity index (χ4n) is 1.95. The molecule has 0 aliphatic heterocycles. The van der Waals surface area contributed by atoms with Gasteiger partial charge in [-0.15, -0.1) is 0 Å². The second-order valence-electron chi connectivity index (χ2n) is 5.03. The molecule has 2 aromatic rings. The molecule has 0 bridgehead atoms. The quantitative estimate of drug-likeness (QED) is 0.534. The highest BCUT2D eigenvalue weighted by Gasteiger charge is 2.12. The van der Waals surface area contributed by atoms with Crippen LogP contribution in [0.3, 0.4) is 0 Å². The van der Waals surface area contributed by atoms with E-state index in [1.807, 2.05) is 49.3 Å². The van der Waals surface area contributed by atoms with Crippen molar-refractivity contribution in [2.24, 2.45) is 0 Å². The van der Waals surface area contributed by atoms with Crippen LogP contribution in [0.5, 0.6) is 5.75 Å². The van der Waals surface area contributed by atoms with Crippen LogP contribution in [-0.4, -0.2) is 25.0 Å². The van der Waals surface area contributed by atoms with Crippen LogP contribution in [0.2, 0.25) is 0 Å². The molecule has 1 N–H and O–H groups in total. The smallest absolute Gasteiger partial charge is 0.203 e. The first-order valence-corrected chi connectivity index (χ1v) is 6.74. The second kappa shape index (κ2) is 6.59. The van der Waals surface area contributed by atoms with Gasteiger partial charge in [-0.25, -0.2) is 0 Å². The first-order valence-electron chi connectivity index (χ1n) is 6.74. The zero-order valence-corrected chi connectivity index (χ0v) is 12.4. The number of benzene rings is 2. The van der Waals surface area contributed by atoms with Gasteiger partial charge >= 0.3 is 0 Å². The molecule has 0 saturated heterocycles. The van der Waals surface area contributed by atoms with Gasteiger partial charge < -0.3 is 10.0 Å². The number of rotatable bonds is 4. The van der Waals surface area contributed by atoms with Crippen molar-refractivity contribution in [3.63, 3.8) is 0 Å². The van der Waals surface area contributed by atoms with Crippen LogP contribution in [0.15, 0.2) is 54.1 Å². The molecule has 4 heteroatoms. The summed E-state index contributed by atoms with van der Waals surface area (Å²) in [4.78, 5) is 14.3. The van der Waals surface area contributed by atoms with Crippen molar-refractivity contribution in [3.8, 4) is 11.8 Å². The van der Waals surface area contributed by atoms with E-state index in [1.165, 1.54) is 24.3 Å². The SMILES string of the molecule is CN(C)c1ccc(C=C(C#N)C(=O)c2ccc(O)cc2)cc1. The molecule has 110 valence electrons. The highest BCUT2D eigenvalue weighted by atomic mass is 16.3. The summed E-state index contributed by atoms with van der Waals surface area (Å²) in [6.07, 6.45) is 1.56. The summed E-state index contributed by atoms with van der Waals surface area (Å²) in [6.45, 7) is 0. The van der Waals surface area contributed by atoms with Gasteiger partial charge in [-0.2, -0.15) is 5.26 Å². The van der Waals surface area contributed by atoms with E-state index in [-0.39, 0.29) is 17.1 Å². The molecule has 0 unspecified atom stereocenters. The summed E-state index contributed by atoms with van der Waals surface area (Å²) < 4.78 is 0. The number of anilines is 1. The first-order chi connectivity index (χ1) is 10.5. The van der Waals surface area contributed by atoms with E-state index in [4.69, 9.17) is 0 Å². The van der Waals surface area contributed by atoms with Gasteiger partial charge in [0.1, 0.15) is 17.4 Å². The average molecular weight is 292 g/mol. The molecule has 2 rings (SSSR count). The van der Waals surface area contributed by atoms with Crippen LogP contribution in [0.4, 0.5) is 5.69 Å². The van der Waals surface area contributed by atoms with Crippen molar-refractivity contribution >= 4 is 17.5 Å². The molecule has 0 radical (unpaired) electrons. The number of aromatic hydroxyl groups is 1. The van der Waals surface area contributed by atoms with E-state index in [9.17, 15) is 15.2 Å². The molecule has 0 spiro atoms. The lowest BCUT2D eigenvalue weighted by molar-refractivity contribution is 0.104. The van der Waals surface area contributed by atoms with Gasteiger partial charge in [-0.1, -0.05) is 12.1 Å². The largest absolute Gasteiger partial charge is 0.508 e. The maximum absolute atomic E-state index is 12.3. The Morgan fingerprint density at radius 1 is 1.09 bits per heavy atom. The lowest BCUT2D eigenvalue weighted by Gasteiger charge is -2.11. The van der Waals surface area contributed by atoms with Crippen LogP contribution in [-0.2, 0) is 0 Å². The number of ketones is 1. The normalized spacial score (nSPS) is 10.9. The van der Waals surface area contributed by atoms with E-state index in [0.717, 1.165) is 11.3 Å². The Morgan fingerprint density at radius 3 is 2.18 bits per heavy atom. The summed E-state index contributed by atoms with van der Waals surface area (Å²) in [5.74, 6) is -0.280. The average Bonchev–Trinajstić information content (AvgIpc) is 2.53. The number of phenolic OH excluding ortho intramolecular Hbond substituents is 1. The molecule has 0 atom stereocenters. The molecule has 0 fully saturated rings. The second-order valence-corrected chi connectivity index (χ2v) is 5.03. The Morgan fingerprint density at radius 2 is 1.68 bits per heavy atom. The molecule has 0 aliphatic rings. The maximum atomic E-state index is 12.3. The van der Waals surface area contributed by atoms with Gasteiger partial charge in [0.05, 0.1) is 0 Å². The first kappa shape index (κ1) is 15.3. The molecule has 4 nitrogen and oxygen atoms in total. The van der Waals surface area contributed by atoms with Gasteiger partial charge in [0.15, 0.2) is 0 Å². The Kier molecular flexibility index (Phi) is 4.60. The van der Waals surface area contributed by atoms with Gasteiger partial charge in [-0.05, 0) is 48.0 Å². The fourth-order valence-corrected chi connectivity index (χ4v) is 1.95. The molecule has 22 heavy (non-hydrogen) atoms. The summed E-state index contributed by atoms with van der Waals surface area (Å²) in [5, 5.41) is 18.5. The van der Waals surface area contributed by atoms with Crippen LogP contribution in [0, 0.1) is 11.3 Å². The molecule has 0 aromatic heterocycles. The predicted octanol–water partition coefficient (Wildman–Crippen LogP) is 3.25. The predicted molar refractivity (Wildman–Crippen MR) is 86.8 cm³/mol. The number of hydrogen-bond acceptors (Lipinski definition) is 4. The monoisotopic (exact) mass is 292 g/mol. The summed E-state index contributed by atoms with van der Waals surface area (Å²) in [7, 11) is 3.89. The molecule has 0 saturated carbocycles. The zero-order valence-electron chi connectivity index (χ0n) is 12.4. The third-order valence-corrected chi connectivity index (χ3v) is 3.22. The molecule has 0 amide bonds. The fraction of sp³-hybridized carbons (Fsp3) is 0.111. The molecule has 0 aliphatic carbocycles. The third-order valence-electron chi connectivity index (χ3n) is 3.22. The molecular weight excluding hydrogens is 276 g/mol. The van der Waals surface area contributed by atoms with Crippen molar-refractivity contribution in [2.75, 3.05) is 19.0 Å². The van der Waals surface area contributed by atoms with Gasteiger partial charge in [0.25, 0.3) is 0 Å². The number of hydrogen-bond donors (Lipinski definition) is 1. The van der Waals surface area contributed by atoms with Crippen molar-refractivity contribution in [1.82, 2.24) is 0 Å². The number of nitrogens with zero attached hydrogens (tertiary/aromatic N) is 2. The van der Waals surface area contributed by atoms with E-state index in [1.54, 1.807) is 6.08 Å².